The van der Waals surface area contributed by atoms with Gasteiger partial charge in [0.25, 0.3) is 0 Å². The van der Waals surface area contributed by atoms with E-state index in [1.54, 1.807) is 0 Å². The average molecular weight is 209 g/mol. The van der Waals surface area contributed by atoms with Crippen molar-refractivity contribution in [2.45, 2.75) is 51.0 Å². The number of carbonyl (C=O) groups excluding carboxylic acids is 1. The second-order valence-corrected chi connectivity index (χ2v) is 5.37. The van der Waals surface area contributed by atoms with Gasteiger partial charge in [-0.2, -0.15) is 0 Å². The molecule has 0 aromatic carbocycles. The zero-order chi connectivity index (χ0) is 10.7. The van der Waals surface area contributed by atoms with Gasteiger partial charge in [-0.15, -0.1) is 0 Å². The molecule has 1 aliphatic carbocycles. The molecule has 2 heteroatoms. The van der Waals surface area contributed by atoms with E-state index in [-0.39, 0.29) is 0 Å². The number of aldehydes is 1. The molecule has 0 spiro atoms. The second kappa shape index (κ2) is 5.11. The van der Waals surface area contributed by atoms with Crippen LogP contribution in [0.15, 0.2) is 0 Å². The third-order valence-corrected chi connectivity index (χ3v) is 4.44. The van der Waals surface area contributed by atoms with Gasteiger partial charge in [-0.05, 0) is 64.0 Å². The Balaban J connectivity index is 1.79. The average Bonchev–Trinajstić information content (AvgIpc) is 2.66. The molecule has 1 saturated carbocycles. The van der Waals surface area contributed by atoms with Gasteiger partial charge in [0, 0.05) is 12.5 Å². The molecule has 0 bridgehead atoms. The first-order valence-corrected chi connectivity index (χ1v) is 6.45. The van der Waals surface area contributed by atoms with Crippen molar-refractivity contribution in [1.29, 1.82) is 0 Å². The topological polar surface area (TPSA) is 20.3 Å². The fourth-order valence-electron chi connectivity index (χ4n) is 3.48. The van der Waals surface area contributed by atoms with Crippen molar-refractivity contribution in [2.75, 3.05) is 13.6 Å². The summed E-state index contributed by atoms with van der Waals surface area (Å²) in [6, 6.07) is 0.849. The molecule has 0 amide bonds. The highest BCUT2D eigenvalue weighted by molar-refractivity contribution is 5.49. The Labute approximate surface area is 93.0 Å². The Morgan fingerprint density at radius 1 is 1.20 bits per heavy atom. The van der Waals surface area contributed by atoms with Crippen molar-refractivity contribution in [2.24, 2.45) is 11.8 Å². The van der Waals surface area contributed by atoms with Crippen LogP contribution in [0.3, 0.4) is 0 Å². The first kappa shape index (κ1) is 11.1. The van der Waals surface area contributed by atoms with Crippen molar-refractivity contribution in [1.82, 2.24) is 4.90 Å². The van der Waals surface area contributed by atoms with Crippen molar-refractivity contribution < 1.29 is 4.79 Å². The van der Waals surface area contributed by atoms with E-state index in [4.69, 9.17) is 0 Å². The minimum absolute atomic E-state index is 0.699. The van der Waals surface area contributed by atoms with Crippen molar-refractivity contribution in [3.8, 4) is 0 Å². The van der Waals surface area contributed by atoms with Crippen LogP contribution in [0, 0.1) is 11.8 Å². The molecule has 1 saturated heterocycles. The van der Waals surface area contributed by atoms with Crippen LogP contribution in [-0.4, -0.2) is 30.8 Å². The molecule has 2 fully saturated rings. The number of hydrogen-bond acceptors (Lipinski definition) is 2. The lowest BCUT2D eigenvalue weighted by Gasteiger charge is -2.34. The minimum Gasteiger partial charge on any atom is -0.303 e. The maximum absolute atomic E-state index is 10.5. The summed E-state index contributed by atoms with van der Waals surface area (Å²) in [7, 11) is 2.27. The Kier molecular flexibility index (Phi) is 3.79. The smallest absolute Gasteiger partial charge is 0.120 e. The second-order valence-electron chi connectivity index (χ2n) is 5.37. The van der Waals surface area contributed by atoms with Gasteiger partial charge >= 0.3 is 0 Å². The molecule has 2 rings (SSSR count). The fourth-order valence-corrected chi connectivity index (χ4v) is 3.48. The van der Waals surface area contributed by atoms with Crippen molar-refractivity contribution >= 4 is 6.29 Å². The van der Waals surface area contributed by atoms with Gasteiger partial charge in [0.15, 0.2) is 0 Å². The number of nitrogens with zero attached hydrogens (tertiary/aromatic N) is 1. The molecule has 86 valence electrons. The van der Waals surface area contributed by atoms with Crippen molar-refractivity contribution in [3.63, 3.8) is 0 Å². The molecule has 0 unspecified atom stereocenters. The summed E-state index contributed by atoms with van der Waals surface area (Å²) in [5, 5.41) is 0. The van der Waals surface area contributed by atoms with Crippen LogP contribution in [0.1, 0.15) is 44.9 Å². The Hall–Kier alpha value is -0.370. The van der Waals surface area contributed by atoms with E-state index in [1.165, 1.54) is 45.1 Å². The summed E-state index contributed by atoms with van der Waals surface area (Å²) < 4.78 is 0. The monoisotopic (exact) mass is 209 g/mol. The first-order chi connectivity index (χ1) is 7.31. The van der Waals surface area contributed by atoms with Crippen LogP contribution in [-0.2, 0) is 4.79 Å². The first-order valence-electron chi connectivity index (χ1n) is 6.45. The molecule has 2 nitrogen and oxygen atoms in total. The number of rotatable bonds is 3. The SMILES string of the molecule is CN1CCC[C@@H]1C1CCC(CC=O)CC1. The number of likely N-dealkylation sites (tertiary alicyclic amines) is 1. The van der Waals surface area contributed by atoms with Crippen LogP contribution in [0.2, 0.25) is 0 Å². The van der Waals surface area contributed by atoms with E-state index in [1.807, 2.05) is 0 Å². The number of carbonyl (C=O) groups is 1. The zero-order valence-corrected chi connectivity index (χ0v) is 9.82. The predicted molar refractivity (Wildman–Crippen MR) is 61.8 cm³/mol. The maximum atomic E-state index is 10.5. The highest BCUT2D eigenvalue weighted by Crippen LogP contribution is 2.36. The highest BCUT2D eigenvalue weighted by Gasteiger charge is 2.32. The third kappa shape index (κ3) is 2.60. The van der Waals surface area contributed by atoms with Gasteiger partial charge in [0.05, 0.1) is 0 Å². The predicted octanol–water partition coefficient (Wildman–Crippen LogP) is 2.48. The summed E-state index contributed by atoms with van der Waals surface area (Å²) in [4.78, 5) is 13.0. The van der Waals surface area contributed by atoms with Crippen LogP contribution >= 0.6 is 0 Å². The molecule has 1 atom stereocenters. The molecule has 0 aromatic rings. The molecular formula is C13H23NO. The van der Waals surface area contributed by atoms with Gasteiger partial charge in [-0.3, -0.25) is 0 Å². The quantitative estimate of drug-likeness (QED) is 0.666. The van der Waals surface area contributed by atoms with E-state index < -0.39 is 0 Å². The zero-order valence-electron chi connectivity index (χ0n) is 9.82. The lowest BCUT2D eigenvalue weighted by Crippen LogP contribution is -2.34. The Bertz CT molecular complexity index is 209. The van der Waals surface area contributed by atoms with E-state index in [9.17, 15) is 4.79 Å². The van der Waals surface area contributed by atoms with Crippen LogP contribution in [0.25, 0.3) is 0 Å². The molecule has 0 radical (unpaired) electrons. The highest BCUT2D eigenvalue weighted by atomic mass is 16.1. The molecule has 0 aromatic heterocycles. The van der Waals surface area contributed by atoms with Gasteiger partial charge < -0.3 is 9.69 Å². The molecule has 15 heavy (non-hydrogen) atoms. The van der Waals surface area contributed by atoms with Crippen molar-refractivity contribution in [3.05, 3.63) is 0 Å². The molecule has 2 aliphatic rings. The maximum Gasteiger partial charge on any atom is 0.120 e. The van der Waals surface area contributed by atoms with Gasteiger partial charge in [-0.1, -0.05) is 0 Å². The largest absolute Gasteiger partial charge is 0.303 e. The van der Waals surface area contributed by atoms with E-state index in [0.29, 0.717) is 5.92 Å². The summed E-state index contributed by atoms with van der Waals surface area (Å²) in [6.07, 6.45) is 9.97. The standard InChI is InChI=1S/C13H23NO/c1-14-9-2-3-13(14)12-6-4-11(5-7-12)8-10-15/h10-13H,2-9H2,1H3/t11?,12?,13-/m1/s1. The van der Waals surface area contributed by atoms with E-state index in [0.717, 1.165) is 24.7 Å². The van der Waals surface area contributed by atoms with Gasteiger partial charge in [-0.25, -0.2) is 0 Å². The minimum atomic E-state index is 0.699. The summed E-state index contributed by atoms with van der Waals surface area (Å²) >= 11 is 0. The summed E-state index contributed by atoms with van der Waals surface area (Å²) in [6.45, 7) is 1.29. The molecule has 0 N–H and O–H groups in total. The normalized spacial score (nSPS) is 38.1. The van der Waals surface area contributed by atoms with E-state index >= 15 is 0 Å². The molecule has 1 aliphatic heterocycles. The Morgan fingerprint density at radius 3 is 2.47 bits per heavy atom. The summed E-state index contributed by atoms with van der Waals surface area (Å²) in [5.41, 5.74) is 0. The van der Waals surface area contributed by atoms with E-state index in [2.05, 4.69) is 11.9 Å². The molecule has 1 heterocycles. The Morgan fingerprint density at radius 2 is 1.93 bits per heavy atom. The number of hydrogen-bond donors (Lipinski definition) is 0. The molecular weight excluding hydrogens is 186 g/mol. The van der Waals surface area contributed by atoms with Crippen LogP contribution in [0.5, 0.6) is 0 Å². The van der Waals surface area contributed by atoms with Gasteiger partial charge in [0.1, 0.15) is 6.29 Å². The lowest BCUT2D eigenvalue weighted by atomic mass is 9.77. The van der Waals surface area contributed by atoms with Crippen LogP contribution in [0.4, 0.5) is 0 Å². The summed E-state index contributed by atoms with van der Waals surface area (Å²) in [5.74, 6) is 1.62. The lowest BCUT2D eigenvalue weighted by molar-refractivity contribution is -0.108. The van der Waals surface area contributed by atoms with Gasteiger partial charge in [0.2, 0.25) is 0 Å². The third-order valence-electron chi connectivity index (χ3n) is 4.44. The fraction of sp³-hybridized carbons (Fsp3) is 0.923. The van der Waals surface area contributed by atoms with Crippen LogP contribution < -0.4 is 0 Å².